The minimum Gasteiger partial charge on any atom is -0.0943 e. The van der Waals surface area contributed by atoms with E-state index in [4.69, 9.17) is 2.74 Å². The quantitative estimate of drug-likeness (QED) is 0.661. The maximum Gasteiger partial charge on any atom is 0.103 e. The van der Waals surface area contributed by atoms with Crippen LogP contribution in [-0.2, 0) is 0 Å². The van der Waals surface area contributed by atoms with E-state index in [-0.39, 0.29) is 0 Å². The summed E-state index contributed by atoms with van der Waals surface area (Å²) in [6, 6.07) is 10.8. The molecule has 0 nitrogen and oxygen atoms in total. The summed E-state index contributed by atoms with van der Waals surface area (Å²) in [5.41, 5.74) is 0.581. The van der Waals surface area contributed by atoms with Crippen molar-refractivity contribution in [3.63, 3.8) is 0 Å². The van der Waals surface area contributed by atoms with Crippen LogP contribution in [0.15, 0.2) is 42.1 Å². The maximum atomic E-state index is 8.25. The summed E-state index contributed by atoms with van der Waals surface area (Å²) < 4.78 is 16.3. The molecule has 1 rings (SSSR count). The maximum absolute atomic E-state index is 8.25. The largest absolute Gasteiger partial charge is 0.103 e. The van der Waals surface area contributed by atoms with Crippen molar-refractivity contribution in [3.8, 4) is 0 Å². The summed E-state index contributed by atoms with van der Waals surface area (Å²) in [5, 5.41) is 1.24. The second-order valence-corrected chi connectivity index (χ2v) is 8.47. The highest BCUT2D eigenvalue weighted by atomic mass is 28.3. The van der Waals surface area contributed by atoms with Crippen LogP contribution in [0, 0.1) is 0 Å². The fraction of sp³-hybridized carbons (Fsp3) is 0.429. The fourth-order valence-electron chi connectivity index (χ4n) is 1.48. The minimum atomic E-state index is -1.94. The third kappa shape index (κ3) is 4.04. The molecule has 0 aliphatic rings. The van der Waals surface area contributed by atoms with Crippen molar-refractivity contribution >= 4 is 13.3 Å². The van der Waals surface area contributed by atoms with Crippen LogP contribution in [0.2, 0.25) is 13.1 Å². The number of hydrogen-bond acceptors (Lipinski definition) is 0. The van der Waals surface area contributed by atoms with Gasteiger partial charge in [-0.2, -0.15) is 0 Å². The third-order valence-electron chi connectivity index (χ3n) is 2.55. The highest BCUT2D eigenvalue weighted by Crippen LogP contribution is 2.06. The first-order valence-electron chi connectivity index (χ1n) is 6.72. The van der Waals surface area contributed by atoms with Gasteiger partial charge in [-0.25, -0.2) is 0 Å². The average Bonchev–Trinajstić information content (AvgIpc) is 2.36. The second-order valence-electron chi connectivity index (χ2n) is 4.40. The first kappa shape index (κ1) is 9.41. The molecule has 0 aliphatic carbocycles. The van der Waals surface area contributed by atoms with Crippen LogP contribution < -0.4 is 5.19 Å². The highest BCUT2D eigenvalue weighted by Gasteiger charge is 2.18. The smallest absolute Gasteiger partial charge is 0.0943 e. The summed E-state index contributed by atoms with van der Waals surface area (Å²) in [6.45, 7) is 6.44. The van der Waals surface area contributed by atoms with E-state index in [2.05, 4.69) is 32.2 Å². The molecule has 0 unspecified atom stereocenters. The molecule has 1 aromatic rings. The first-order chi connectivity index (χ1) is 8.00. The van der Waals surface area contributed by atoms with Crippen molar-refractivity contribution in [2.45, 2.75) is 39.3 Å². The predicted octanol–water partition coefficient (Wildman–Crippen LogP) is 3.89. The lowest BCUT2D eigenvalue weighted by atomic mass is 10.2. The van der Waals surface area contributed by atoms with Crippen LogP contribution in [0.1, 0.15) is 28.9 Å². The molecule has 0 N–H and O–H groups in total. The number of allylic oxidation sites excluding steroid dienone is 1. The lowest BCUT2D eigenvalue weighted by molar-refractivity contribution is 0.815. The van der Waals surface area contributed by atoms with Gasteiger partial charge in [0.1, 0.15) is 8.07 Å². The monoisotopic (exact) mass is 220 g/mol. The number of benzene rings is 1. The van der Waals surface area contributed by atoms with Gasteiger partial charge < -0.3 is 0 Å². The molecule has 0 aliphatic heterocycles. The molecule has 82 valence electrons. The standard InChI is InChI=1S/C14H22Si/c1-4-5-6-10-13-15(2,3)14-11-8-7-9-12-14/h7-13H,4-6H2,1-3H3/b13-10+/i10D,13D. The molecule has 0 spiro atoms. The van der Waals surface area contributed by atoms with Crippen molar-refractivity contribution in [3.05, 3.63) is 42.1 Å². The molecule has 0 saturated carbocycles. The van der Waals surface area contributed by atoms with Crippen molar-refractivity contribution in [2.24, 2.45) is 0 Å². The van der Waals surface area contributed by atoms with Crippen molar-refractivity contribution < 1.29 is 2.74 Å². The second kappa shape index (κ2) is 5.91. The van der Waals surface area contributed by atoms with E-state index >= 15 is 0 Å². The van der Waals surface area contributed by atoms with Gasteiger partial charge in [-0.1, -0.05) is 80.1 Å². The molecule has 0 bridgehead atoms. The Morgan fingerprint density at radius 2 is 1.93 bits per heavy atom. The van der Waals surface area contributed by atoms with E-state index in [9.17, 15) is 0 Å². The van der Waals surface area contributed by atoms with E-state index < -0.39 is 8.07 Å². The van der Waals surface area contributed by atoms with E-state index in [1.54, 1.807) is 0 Å². The third-order valence-corrected chi connectivity index (χ3v) is 5.13. The molecule has 1 aromatic carbocycles. The van der Waals surface area contributed by atoms with Gasteiger partial charge >= 0.3 is 0 Å². The molecular formula is C14H22Si. The summed E-state index contributed by atoms with van der Waals surface area (Å²) in [5.74, 6) is 0. The van der Waals surface area contributed by atoms with Gasteiger partial charge in [0.25, 0.3) is 0 Å². The normalized spacial score (nSPS) is 15.4. The Bertz CT molecular complexity index is 382. The Morgan fingerprint density at radius 1 is 1.27 bits per heavy atom. The zero-order chi connectivity index (χ0) is 12.9. The molecule has 15 heavy (non-hydrogen) atoms. The Balaban J connectivity index is 2.97. The Hall–Kier alpha value is -0.823. The van der Waals surface area contributed by atoms with Crippen molar-refractivity contribution in [1.29, 1.82) is 0 Å². The lowest BCUT2D eigenvalue weighted by Crippen LogP contribution is -2.39. The molecule has 0 atom stereocenters. The zero-order valence-electron chi connectivity index (χ0n) is 12.0. The number of rotatable bonds is 5. The van der Waals surface area contributed by atoms with E-state index in [0.717, 1.165) is 19.3 Å². The Morgan fingerprint density at radius 3 is 2.53 bits per heavy atom. The van der Waals surface area contributed by atoms with E-state index in [1.165, 1.54) is 5.19 Å². The van der Waals surface area contributed by atoms with E-state index in [0.29, 0.717) is 11.7 Å². The van der Waals surface area contributed by atoms with Gasteiger partial charge in [-0.05, 0) is 6.42 Å². The Kier molecular flexibility index (Phi) is 3.71. The molecule has 0 saturated heterocycles. The highest BCUT2D eigenvalue weighted by molar-refractivity contribution is 6.93. The van der Waals surface area contributed by atoms with Gasteiger partial charge in [-0.3, -0.25) is 0 Å². The fourth-order valence-corrected chi connectivity index (χ4v) is 3.21. The van der Waals surface area contributed by atoms with Gasteiger partial charge in [0, 0.05) is 0 Å². The molecule has 0 fully saturated rings. The van der Waals surface area contributed by atoms with Crippen LogP contribution in [-0.4, -0.2) is 8.07 Å². The summed E-state index contributed by atoms with van der Waals surface area (Å²) in [4.78, 5) is 0. The topological polar surface area (TPSA) is 0 Å². The van der Waals surface area contributed by atoms with Crippen LogP contribution in [0.25, 0.3) is 0 Å². The predicted molar refractivity (Wildman–Crippen MR) is 72.2 cm³/mol. The minimum absolute atomic E-state index is 0.535. The summed E-state index contributed by atoms with van der Waals surface area (Å²) >= 11 is 0. The van der Waals surface area contributed by atoms with Gasteiger partial charge in [0.15, 0.2) is 0 Å². The first-order valence-corrected chi connectivity index (χ1v) is 8.72. The molecular weight excluding hydrogens is 196 g/mol. The van der Waals surface area contributed by atoms with Gasteiger partial charge in [0.2, 0.25) is 0 Å². The van der Waals surface area contributed by atoms with Crippen LogP contribution in [0.4, 0.5) is 0 Å². The van der Waals surface area contributed by atoms with Crippen LogP contribution >= 0.6 is 0 Å². The SMILES string of the molecule is [2H]/C(CCCC)=C(/[2H])[Si](C)(C)c1ccccc1. The lowest BCUT2D eigenvalue weighted by Gasteiger charge is -2.18. The van der Waals surface area contributed by atoms with Crippen LogP contribution in [0.5, 0.6) is 0 Å². The molecule has 0 heterocycles. The van der Waals surface area contributed by atoms with Crippen molar-refractivity contribution in [1.82, 2.24) is 0 Å². The van der Waals surface area contributed by atoms with Gasteiger partial charge in [-0.15, -0.1) is 0 Å². The number of unbranched alkanes of at least 4 members (excludes halogenated alkanes) is 1. The van der Waals surface area contributed by atoms with E-state index in [1.807, 2.05) is 18.2 Å². The summed E-state index contributed by atoms with van der Waals surface area (Å²) in [6.07, 6.45) is 2.85. The van der Waals surface area contributed by atoms with Crippen molar-refractivity contribution in [2.75, 3.05) is 0 Å². The molecule has 1 heteroatoms. The molecule has 0 aromatic heterocycles. The summed E-state index contributed by atoms with van der Waals surface area (Å²) in [7, 11) is -1.94. The molecule has 0 amide bonds. The number of hydrogen-bond donors (Lipinski definition) is 0. The van der Waals surface area contributed by atoms with Crippen LogP contribution in [0.3, 0.4) is 0 Å². The Labute approximate surface area is 97.9 Å². The average molecular weight is 220 g/mol. The zero-order valence-corrected chi connectivity index (χ0v) is 11.0. The molecule has 0 radical (unpaired) electrons. The van der Waals surface area contributed by atoms with Gasteiger partial charge in [0.05, 0.1) is 2.74 Å².